The van der Waals surface area contributed by atoms with Gasteiger partial charge in [0.2, 0.25) is 0 Å². The first-order chi connectivity index (χ1) is 17.7. The molecule has 0 spiro atoms. The summed E-state index contributed by atoms with van der Waals surface area (Å²) in [6, 6.07) is 28.8. The predicted octanol–water partition coefficient (Wildman–Crippen LogP) is 4.31. The highest BCUT2D eigenvalue weighted by atomic mass is 16.1. The molecule has 0 bridgehead atoms. The van der Waals surface area contributed by atoms with Gasteiger partial charge in [0.15, 0.2) is 5.82 Å². The quantitative estimate of drug-likeness (QED) is 0.324. The predicted molar refractivity (Wildman–Crippen MR) is 142 cm³/mol. The van der Waals surface area contributed by atoms with E-state index in [0.717, 1.165) is 47.2 Å². The number of hydrogen-bond acceptors (Lipinski definition) is 5. The van der Waals surface area contributed by atoms with E-state index in [4.69, 9.17) is 0 Å². The maximum Gasteiger partial charge on any atom is 0.252 e. The van der Waals surface area contributed by atoms with Gasteiger partial charge < -0.3 is 4.98 Å². The third-order valence-corrected chi connectivity index (χ3v) is 6.54. The van der Waals surface area contributed by atoms with Crippen molar-refractivity contribution in [2.75, 3.05) is 6.54 Å². The van der Waals surface area contributed by atoms with Crippen molar-refractivity contribution in [2.24, 2.45) is 0 Å². The normalized spacial score (nSPS) is 11.4. The van der Waals surface area contributed by atoms with Crippen LogP contribution in [-0.4, -0.2) is 36.6 Å². The molecule has 0 aliphatic heterocycles. The van der Waals surface area contributed by atoms with Crippen molar-refractivity contribution in [3.05, 3.63) is 123 Å². The average molecular weight is 479 g/mol. The molecule has 182 valence electrons. The van der Waals surface area contributed by atoms with Crippen molar-refractivity contribution in [1.82, 2.24) is 30.1 Å². The third kappa shape index (κ3) is 5.75. The average Bonchev–Trinajstić information content (AvgIpc) is 3.35. The van der Waals surface area contributed by atoms with Gasteiger partial charge in [0.25, 0.3) is 5.56 Å². The number of nitrogens with zero attached hydrogens (tertiary/aromatic N) is 5. The van der Waals surface area contributed by atoms with Crippen molar-refractivity contribution in [3.8, 4) is 0 Å². The third-order valence-electron chi connectivity index (χ3n) is 6.54. The summed E-state index contributed by atoms with van der Waals surface area (Å²) < 4.78 is 1.87. The van der Waals surface area contributed by atoms with Crippen LogP contribution in [0.25, 0.3) is 10.9 Å². The number of aromatic nitrogens is 5. The molecule has 0 atom stereocenters. The number of fused-ring (bicyclic) bond motifs is 1. The topological polar surface area (TPSA) is 79.7 Å². The van der Waals surface area contributed by atoms with E-state index in [0.29, 0.717) is 19.6 Å². The highest BCUT2D eigenvalue weighted by Gasteiger charge is 2.16. The number of pyridine rings is 1. The summed E-state index contributed by atoms with van der Waals surface area (Å²) in [7, 11) is 0. The number of para-hydroxylation sites is 1. The lowest BCUT2D eigenvalue weighted by Gasteiger charge is -2.22. The Balaban J connectivity index is 1.37. The summed E-state index contributed by atoms with van der Waals surface area (Å²) in [5, 5.41) is 13.6. The minimum atomic E-state index is -0.0508. The second-order valence-corrected chi connectivity index (χ2v) is 9.16. The maximum absolute atomic E-state index is 13.0. The molecule has 2 heterocycles. The van der Waals surface area contributed by atoms with Crippen molar-refractivity contribution in [1.29, 1.82) is 0 Å². The van der Waals surface area contributed by atoms with Gasteiger partial charge in [0.05, 0.1) is 12.1 Å². The van der Waals surface area contributed by atoms with Crippen molar-refractivity contribution in [2.45, 2.75) is 39.4 Å². The largest absolute Gasteiger partial charge is 0.321 e. The van der Waals surface area contributed by atoms with Gasteiger partial charge in [0, 0.05) is 25.2 Å². The number of rotatable bonds is 10. The molecule has 0 amide bonds. The van der Waals surface area contributed by atoms with Crippen LogP contribution < -0.4 is 5.56 Å². The van der Waals surface area contributed by atoms with E-state index in [9.17, 15) is 4.79 Å². The lowest BCUT2D eigenvalue weighted by atomic mass is 10.1. The van der Waals surface area contributed by atoms with Gasteiger partial charge in [-0.3, -0.25) is 9.69 Å². The van der Waals surface area contributed by atoms with Crippen LogP contribution >= 0.6 is 0 Å². The van der Waals surface area contributed by atoms with Gasteiger partial charge >= 0.3 is 0 Å². The van der Waals surface area contributed by atoms with Gasteiger partial charge in [-0.1, -0.05) is 78.9 Å². The summed E-state index contributed by atoms with van der Waals surface area (Å²) >= 11 is 0. The molecule has 36 heavy (non-hydrogen) atoms. The molecule has 5 rings (SSSR count). The first-order valence-corrected chi connectivity index (χ1v) is 12.3. The minimum absolute atomic E-state index is 0.0508. The fourth-order valence-electron chi connectivity index (χ4n) is 4.52. The number of benzene rings is 3. The van der Waals surface area contributed by atoms with Gasteiger partial charge in [0.1, 0.15) is 0 Å². The lowest BCUT2D eigenvalue weighted by molar-refractivity contribution is 0.247. The van der Waals surface area contributed by atoms with E-state index >= 15 is 0 Å². The van der Waals surface area contributed by atoms with Gasteiger partial charge in [-0.05, 0) is 58.3 Å². The molecule has 5 aromatic rings. The first-order valence-electron chi connectivity index (χ1n) is 12.3. The second-order valence-electron chi connectivity index (χ2n) is 9.16. The first kappa shape index (κ1) is 23.6. The fraction of sp³-hybridized carbons (Fsp3) is 0.241. The van der Waals surface area contributed by atoms with Gasteiger partial charge in [-0.25, -0.2) is 4.68 Å². The van der Waals surface area contributed by atoms with Crippen LogP contribution in [0.1, 0.15) is 28.1 Å². The van der Waals surface area contributed by atoms with E-state index in [2.05, 4.69) is 61.8 Å². The van der Waals surface area contributed by atoms with E-state index in [1.807, 2.05) is 60.1 Å². The molecule has 0 aliphatic carbocycles. The van der Waals surface area contributed by atoms with Crippen LogP contribution in [0.3, 0.4) is 0 Å². The molecule has 3 aromatic carbocycles. The molecule has 0 fully saturated rings. The fourth-order valence-corrected chi connectivity index (χ4v) is 4.52. The molecule has 1 N–H and O–H groups in total. The van der Waals surface area contributed by atoms with Crippen LogP contribution in [0.15, 0.2) is 89.7 Å². The summed E-state index contributed by atoms with van der Waals surface area (Å²) in [6.07, 6.45) is 1.73. The van der Waals surface area contributed by atoms with E-state index in [1.165, 1.54) is 11.1 Å². The zero-order valence-corrected chi connectivity index (χ0v) is 20.5. The molecule has 0 radical (unpaired) electrons. The zero-order valence-electron chi connectivity index (χ0n) is 20.5. The van der Waals surface area contributed by atoms with Crippen LogP contribution in [0.4, 0.5) is 0 Å². The smallest absolute Gasteiger partial charge is 0.252 e. The van der Waals surface area contributed by atoms with Gasteiger partial charge in [-0.2, -0.15) is 0 Å². The Labute approximate surface area is 210 Å². The molecule has 7 heteroatoms. The van der Waals surface area contributed by atoms with Crippen molar-refractivity contribution >= 4 is 10.9 Å². The Morgan fingerprint density at radius 3 is 2.33 bits per heavy atom. The Bertz CT molecular complexity index is 1480. The maximum atomic E-state index is 13.0. The Morgan fingerprint density at radius 1 is 0.861 bits per heavy atom. The van der Waals surface area contributed by atoms with Crippen molar-refractivity contribution in [3.63, 3.8) is 0 Å². The molecule has 7 nitrogen and oxygen atoms in total. The Hall–Kier alpha value is -4.10. The number of H-pyrrole nitrogens is 1. The molecule has 0 saturated heterocycles. The molecule has 0 aliphatic rings. The second kappa shape index (κ2) is 11.1. The standard InChI is InChI=1S/C29H30N6O/c1-22-9-8-14-25-19-26(29(36)30-28(22)25)20-34(17-15-23-10-4-2-5-11-23)21-27-31-32-33-35(27)18-16-24-12-6-3-7-13-24/h2-14,19H,15-18,20-21H2,1H3,(H,30,36). The number of aromatic amines is 1. The Kier molecular flexibility index (Phi) is 7.28. The highest BCUT2D eigenvalue weighted by molar-refractivity contribution is 5.81. The monoisotopic (exact) mass is 478 g/mol. The van der Waals surface area contributed by atoms with Crippen LogP contribution in [0, 0.1) is 6.92 Å². The van der Waals surface area contributed by atoms with Crippen LogP contribution in [0.5, 0.6) is 0 Å². The summed E-state index contributed by atoms with van der Waals surface area (Å²) in [5.41, 5.74) is 5.16. The van der Waals surface area contributed by atoms with E-state index < -0.39 is 0 Å². The lowest BCUT2D eigenvalue weighted by Crippen LogP contribution is -2.30. The number of tetrazole rings is 1. The Morgan fingerprint density at radius 2 is 1.58 bits per heavy atom. The molecular weight excluding hydrogens is 448 g/mol. The SMILES string of the molecule is Cc1cccc2cc(CN(CCc3ccccc3)Cc3nnnn3CCc3ccccc3)c(=O)[nH]c12. The van der Waals surface area contributed by atoms with Crippen molar-refractivity contribution < 1.29 is 0 Å². The van der Waals surface area contributed by atoms with E-state index in [-0.39, 0.29) is 5.56 Å². The minimum Gasteiger partial charge on any atom is -0.321 e. The number of nitrogens with one attached hydrogen (secondary N) is 1. The van der Waals surface area contributed by atoms with Crippen LogP contribution in [0.2, 0.25) is 0 Å². The molecular formula is C29H30N6O. The summed E-state index contributed by atoms with van der Waals surface area (Å²) in [6.45, 7) is 4.56. The zero-order chi connectivity index (χ0) is 24.7. The molecule has 2 aromatic heterocycles. The summed E-state index contributed by atoms with van der Waals surface area (Å²) in [4.78, 5) is 18.3. The molecule has 0 unspecified atom stereocenters. The number of hydrogen-bond donors (Lipinski definition) is 1. The summed E-state index contributed by atoms with van der Waals surface area (Å²) in [5.74, 6) is 0.798. The van der Waals surface area contributed by atoms with E-state index in [1.54, 1.807) is 0 Å². The number of aryl methyl sites for hydroxylation is 3. The van der Waals surface area contributed by atoms with Gasteiger partial charge in [-0.15, -0.1) is 5.10 Å². The van der Waals surface area contributed by atoms with Crippen LogP contribution in [-0.2, 0) is 32.5 Å². The molecule has 0 saturated carbocycles. The highest BCUT2D eigenvalue weighted by Crippen LogP contribution is 2.17.